The number of phenols is 2. The van der Waals surface area contributed by atoms with Crippen LogP contribution < -0.4 is 0 Å². The van der Waals surface area contributed by atoms with E-state index in [4.69, 9.17) is 5.11 Å². The highest BCUT2D eigenvalue weighted by Gasteiger charge is 1.99. The van der Waals surface area contributed by atoms with Gasteiger partial charge in [-0.05, 0) is 50.1 Å². The molecule has 0 aliphatic rings. The molecule has 3 rings (SSSR count). The second-order valence-electron chi connectivity index (χ2n) is 5.09. The average molecular weight is 311 g/mol. The van der Waals surface area contributed by atoms with Gasteiger partial charge in [-0.15, -0.1) is 0 Å². The van der Waals surface area contributed by atoms with Crippen LogP contribution in [-0.2, 0) is 0 Å². The fraction of sp³-hybridized carbons (Fsp3) is 0.167. The molecule has 1 aromatic heterocycles. The summed E-state index contributed by atoms with van der Waals surface area (Å²) >= 11 is 0. The van der Waals surface area contributed by atoms with Crippen molar-refractivity contribution in [2.45, 2.75) is 20.8 Å². The summed E-state index contributed by atoms with van der Waals surface area (Å²) in [7, 11) is 0. The zero-order valence-corrected chi connectivity index (χ0v) is 12.5. The molecule has 0 atom stereocenters. The van der Waals surface area contributed by atoms with Crippen molar-refractivity contribution in [3.8, 4) is 11.5 Å². The maximum absolute atomic E-state index is 9.43. The molecule has 114 valence electrons. The summed E-state index contributed by atoms with van der Waals surface area (Å²) in [6.45, 7) is 5.75. The van der Waals surface area contributed by atoms with E-state index < -0.39 is 0 Å². The molecule has 0 saturated carbocycles. The molecule has 2 aromatic carbocycles. The van der Waals surface area contributed by atoms with Gasteiger partial charge in [-0.2, -0.15) is 0 Å². The first-order valence-electron chi connectivity index (χ1n) is 6.79. The minimum atomic E-state index is 0. The van der Waals surface area contributed by atoms with Gasteiger partial charge in [-0.3, -0.25) is 0 Å². The molecule has 3 nitrogen and oxygen atoms in total. The van der Waals surface area contributed by atoms with E-state index in [9.17, 15) is 5.11 Å². The fourth-order valence-electron chi connectivity index (χ4n) is 1.95. The number of benzene rings is 2. The molecule has 0 aliphatic carbocycles. The van der Waals surface area contributed by atoms with Crippen LogP contribution in [0.1, 0.15) is 16.8 Å². The monoisotopic (exact) mass is 311 g/mol. The van der Waals surface area contributed by atoms with Crippen molar-refractivity contribution in [2.24, 2.45) is 0 Å². The number of pyridine rings is 1. The minimum absolute atomic E-state index is 0. The summed E-state index contributed by atoms with van der Waals surface area (Å²) in [6.07, 6.45) is 0. The van der Waals surface area contributed by atoms with Gasteiger partial charge < -0.3 is 10.2 Å². The van der Waals surface area contributed by atoms with E-state index >= 15 is 0 Å². The quantitative estimate of drug-likeness (QED) is 0.627. The highest BCUT2D eigenvalue weighted by Crippen LogP contribution is 2.21. The predicted octanol–water partition coefficient (Wildman–Crippen LogP) is 3.07. The SMILES string of the molecule is Cc1ccc(C)c(O)c1.Cc1ccc2cccc(O)c2n1.[AlH3]. The summed E-state index contributed by atoms with van der Waals surface area (Å²) in [5.74, 6) is 0.631. The van der Waals surface area contributed by atoms with E-state index in [1.54, 1.807) is 12.1 Å². The van der Waals surface area contributed by atoms with Crippen molar-refractivity contribution < 1.29 is 10.2 Å². The smallest absolute Gasteiger partial charge is 0.187 e. The molecule has 3 aromatic rings. The lowest BCUT2D eigenvalue weighted by Crippen LogP contribution is -1.82. The van der Waals surface area contributed by atoms with Gasteiger partial charge in [0.15, 0.2) is 17.4 Å². The van der Waals surface area contributed by atoms with Gasteiger partial charge in [0.1, 0.15) is 17.0 Å². The van der Waals surface area contributed by atoms with Crippen molar-refractivity contribution in [2.75, 3.05) is 0 Å². The molecular weight excluding hydrogens is 289 g/mol. The summed E-state index contributed by atoms with van der Waals surface area (Å²) in [6, 6.07) is 14.9. The third-order valence-electron chi connectivity index (χ3n) is 3.20. The zero-order chi connectivity index (χ0) is 15.4. The van der Waals surface area contributed by atoms with Crippen LogP contribution in [0, 0.1) is 20.8 Å². The Hall–Kier alpha value is -2.02. The summed E-state index contributed by atoms with van der Waals surface area (Å²) in [5, 5.41) is 19.5. The van der Waals surface area contributed by atoms with Gasteiger partial charge in [-0.1, -0.05) is 30.3 Å². The van der Waals surface area contributed by atoms with Gasteiger partial charge in [0.25, 0.3) is 0 Å². The Morgan fingerprint density at radius 3 is 2.18 bits per heavy atom. The lowest BCUT2D eigenvalue weighted by atomic mass is 10.1. The summed E-state index contributed by atoms with van der Waals surface area (Å²) in [5.41, 5.74) is 3.63. The Morgan fingerprint density at radius 1 is 0.818 bits per heavy atom. The topological polar surface area (TPSA) is 53.4 Å². The number of fused-ring (bicyclic) bond motifs is 1. The second kappa shape index (κ2) is 7.84. The van der Waals surface area contributed by atoms with Crippen molar-refractivity contribution in [1.82, 2.24) is 4.98 Å². The Bertz CT molecular complexity index is 772. The van der Waals surface area contributed by atoms with Crippen LogP contribution in [0.25, 0.3) is 10.9 Å². The van der Waals surface area contributed by atoms with Crippen molar-refractivity contribution in [3.05, 3.63) is 65.4 Å². The lowest BCUT2D eigenvalue weighted by molar-refractivity contribution is 0.470. The molecule has 0 unspecified atom stereocenters. The van der Waals surface area contributed by atoms with Crippen LogP contribution in [0.4, 0.5) is 0 Å². The largest absolute Gasteiger partial charge is 0.508 e. The Labute approximate surface area is 141 Å². The first-order valence-corrected chi connectivity index (χ1v) is 6.79. The molecule has 0 bridgehead atoms. The van der Waals surface area contributed by atoms with Crippen molar-refractivity contribution in [3.63, 3.8) is 0 Å². The van der Waals surface area contributed by atoms with Gasteiger partial charge in [0.2, 0.25) is 0 Å². The first-order chi connectivity index (χ1) is 9.97. The van der Waals surface area contributed by atoms with Crippen LogP contribution in [0.3, 0.4) is 0 Å². The molecule has 0 saturated heterocycles. The van der Waals surface area contributed by atoms with Crippen molar-refractivity contribution in [1.29, 1.82) is 0 Å². The summed E-state index contributed by atoms with van der Waals surface area (Å²) in [4.78, 5) is 4.23. The molecule has 22 heavy (non-hydrogen) atoms. The van der Waals surface area contributed by atoms with Crippen LogP contribution in [0.2, 0.25) is 0 Å². The highest BCUT2D eigenvalue weighted by molar-refractivity contribution is 5.84. The summed E-state index contributed by atoms with van der Waals surface area (Å²) < 4.78 is 0. The highest BCUT2D eigenvalue weighted by atomic mass is 27.0. The number of para-hydroxylation sites is 1. The normalized spacial score (nSPS) is 9.59. The van der Waals surface area contributed by atoms with E-state index in [0.29, 0.717) is 11.3 Å². The third kappa shape index (κ3) is 4.49. The van der Waals surface area contributed by atoms with Crippen LogP contribution in [0.15, 0.2) is 48.5 Å². The Balaban J connectivity index is 0.000000219. The van der Waals surface area contributed by atoms with E-state index in [-0.39, 0.29) is 23.1 Å². The molecule has 1 heterocycles. The molecule has 0 radical (unpaired) electrons. The van der Waals surface area contributed by atoms with Gasteiger partial charge in [0, 0.05) is 11.1 Å². The second-order valence-corrected chi connectivity index (χ2v) is 5.09. The van der Waals surface area contributed by atoms with Gasteiger partial charge in [-0.25, -0.2) is 4.98 Å². The number of aryl methyl sites for hydroxylation is 3. The van der Waals surface area contributed by atoms with Gasteiger partial charge >= 0.3 is 0 Å². The fourth-order valence-corrected chi connectivity index (χ4v) is 1.95. The van der Waals surface area contributed by atoms with E-state index in [2.05, 4.69) is 4.98 Å². The molecule has 0 fully saturated rings. The van der Waals surface area contributed by atoms with Gasteiger partial charge in [0.05, 0.1) is 0 Å². The molecule has 0 aliphatic heterocycles. The molecular formula is C18H22AlNO2. The third-order valence-corrected chi connectivity index (χ3v) is 3.20. The van der Waals surface area contributed by atoms with Crippen LogP contribution >= 0.6 is 0 Å². The lowest BCUT2D eigenvalue weighted by Gasteiger charge is -1.99. The minimum Gasteiger partial charge on any atom is -0.508 e. The van der Waals surface area contributed by atoms with Crippen molar-refractivity contribution >= 4 is 28.3 Å². The number of aromatic hydroxyl groups is 2. The van der Waals surface area contributed by atoms with E-state index in [1.165, 1.54) is 0 Å². The Morgan fingerprint density at radius 2 is 1.55 bits per heavy atom. The van der Waals surface area contributed by atoms with Crippen LogP contribution in [-0.4, -0.2) is 32.6 Å². The first kappa shape index (κ1) is 18.0. The molecule has 2 N–H and O–H groups in total. The zero-order valence-electron chi connectivity index (χ0n) is 12.5. The predicted molar refractivity (Wildman–Crippen MR) is 95.7 cm³/mol. The molecule has 0 amide bonds. The molecule has 0 spiro atoms. The number of hydrogen-bond donors (Lipinski definition) is 2. The maximum Gasteiger partial charge on any atom is 0.187 e. The number of nitrogens with zero attached hydrogens (tertiary/aromatic N) is 1. The average Bonchev–Trinajstić information content (AvgIpc) is 2.45. The molecule has 4 heteroatoms. The van der Waals surface area contributed by atoms with Crippen LogP contribution in [0.5, 0.6) is 11.5 Å². The number of hydrogen-bond acceptors (Lipinski definition) is 3. The van der Waals surface area contributed by atoms with E-state index in [1.807, 2.05) is 57.2 Å². The number of phenolic OH excluding ortho intramolecular Hbond substituents is 2. The maximum atomic E-state index is 9.43. The standard InChI is InChI=1S/C10H9NO.C8H10O.Al.3H/c1-7-5-6-8-3-2-4-9(12)10(8)11-7;1-6-3-4-7(2)8(9)5-6;;;;/h2-6,12H,1H3;3-5,9H,1-2H3;;;;. The number of rotatable bonds is 0. The Kier molecular flexibility index (Phi) is 6.43. The number of aromatic nitrogens is 1. The van der Waals surface area contributed by atoms with E-state index in [0.717, 1.165) is 22.2 Å².